The molecule has 0 heterocycles. The van der Waals surface area contributed by atoms with Crippen LogP contribution in [0.5, 0.6) is 0 Å². The Morgan fingerprint density at radius 3 is 2.28 bits per heavy atom. The number of aryl methyl sites for hydroxylation is 1. The zero-order chi connectivity index (χ0) is 13.0. The van der Waals surface area contributed by atoms with E-state index in [9.17, 15) is 4.39 Å². The van der Waals surface area contributed by atoms with Gasteiger partial charge in [-0.2, -0.15) is 0 Å². The number of hydrogen-bond acceptors (Lipinski definition) is 1. The number of rotatable bonds is 4. The summed E-state index contributed by atoms with van der Waals surface area (Å²) in [5.74, 6) is -0.224. The molecular weight excluding hydrogens is 225 g/mol. The summed E-state index contributed by atoms with van der Waals surface area (Å²) in [7, 11) is 0. The van der Waals surface area contributed by atoms with Gasteiger partial charge in [-0.3, -0.25) is 0 Å². The molecule has 1 nitrogen and oxygen atoms in total. The summed E-state index contributed by atoms with van der Waals surface area (Å²) in [5, 5.41) is 3.22. The molecule has 0 aliphatic carbocycles. The van der Waals surface area contributed by atoms with Crippen LogP contribution < -0.4 is 5.32 Å². The normalized spacial score (nSPS) is 10.1. The van der Waals surface area contributed by atoms with Crippen molar-refractivity contribution < 1.29 is 4.39 Å². The lowest BCUT2D eigenvalue weighted by Gasteiger charge is -2.09. The van der Waals surface area contributed by atoms with E-state index in [1.54, 1.807) is 12.1 Å². The third-order valence-electron chi connectivity index (χ3n) is 2.81. The maximum atomic E-state index is 12.7. The average Bonchev–Trinajstić information content (AvgIpc) is 2.38. The fraction of sp³-hybridized carbons (Fsp3) is 0.125. The highest BCUT2D eigenvalue weighted by Crippen LogP contribution is 2.15. The molecule has 2 heteroatoms. The maximum absolute atomic E-state index is 12.7. The molecule has 0 saturated heterocycles. The van der Waals surface area contributed by atoms with Crippen LogP contribution >= 0.6 is 0 Å². The first kappa shape index (κ1) is 12.4. The number of anilines is 1. The molecule has 0 aromatic heterocycles. The van der Waals surface area contributed by atoms with E-state index in [0.717, 1.165) is 16.8 Å². The molecule has 0 bridgehead atoms. The Balaban J connectivity index is 1.96. The van der Waals surface area contributed by atoms with Crippen molar-refractivity contribution in [2.45, 2.75) is 6.92 Å². The molecule has 0 atom stereocenters. The first-order valence-corrected chi connectivity index (χ1v) is 5.89. The average molecular weight is 241 g/mol. The molecule has 0 spiro atoms. The van der Waals surface area contributed by atoms with Crippen LogP contribution in [0.4, 0.5) is 10.1 Å². The predicted octanol–water partition coefficient (Wildman–Crippen LogP) is 4.26. The largest absolute Gasteiger partial charge is 0.381 e. The van der Waals surface area contributed by atoms with Crippen molar-refractivity contribution in [3.05, 3.63) is 72.1 Å². The van der Waals surface area contributed by atoms with E-state index in [1.165, 1.54) is 17.7 Å². The van der Waals surface area contributed by atoms with Gasteiger partial charge in [-0.15, -0.1) is 0 Å². The molecule has 18 heavy (non-hydrogen) atoms. The molecule has 0 aliphatic heterocycles. The summed E-state index contributed by atoms with van der Waals surface area (Å²) in [6, 6.07) is 14.6. The van der Waals surface area contributed by atoms with Crippen LogP contribution in [0.15, 0.2) is 55.1 Å². The van der Waals surface area contributed by atoms with Crippen LogP contribution in [-0.2, 0) is 0 Å². The lowest BCUT2D eigenvalue weighted by molar-refractivity contribution is 0.628. The first-order valence-electron chi connectivity index (χ1n) is 5.89. The van der Waals surface area contributed by atoms with Crippen LogP contribution in [0.25, 0.3) is 5.57 Å². The van der Waals surface area contributed by atoms with Crippen molar-refractivity contribution in [2.24, 2.45) is 0 Å². The molecule has 92 valence electrons. The van der Waals surface area contributed by atoms with Gasteiger partial charge >= 0.3 is 0 Å². The van der Waals surface area contributed by atoms with Gasteiger partial charge in [-0.1, -0.05) is 36.4 Å². The SMILES string of the molecule is C=C(CNc1ccc(F)cc1)c1ccc(C)cc1. The van der Waals surface area contributed by atoms with E-state index in [0.29, 0.717) is 6.54 Å². The summed E-state index contributed by atoms with van der Waals surface area (Å²) in [6.07, 6.45) is 0. The van der Waals surface area contributed by atoms with E-state index in [2.05, 4.69) is 43.1 Å². The monoisotopic (exact) mass is 241 g/mol. The molecule has 2 aromatic rings. The summed E-state index contributed by atoms with van der Waals surface area (Å²) in [6.45, 7) is 6.76. The second kappa shape index (κ2) is 5.50. The van der Waals surface area contributed by atoms with E-state index in [4.69, 9.17) is 0 Å². The van der Waals surface area contributed by atoms with Crippen LogP contribution in [-0.4, -0.2) is 6.54 Å². The lowest BCUT2D eigenvalue weighted by atomic mass is 10.1. The standard InChI is InChI=1S/C16H16FN/c1-12-3-5-14(6-4-12)13(2)11-18-16-9-7-15(17)8-10-16/h3-10,18H,2,11H2,1H3. The Morgan fingerprint density at radius 2 is 1.67 bits per heavy atom. The molecule has 0 unspecified atom stereocenters. The number of benzene rings is 2. The lowest BCUT2D eigenvalue weighted by Crippen LogP contribution is -2.03. The minimum absolute atomic E-state index is 0.224. The van der Waals surface area contributed by atoms with Crippen LogP contribution in [0.1, 0.15) is 11.1 Å². The first-order chi connectivity index (χ1) is 8.65. The summed E-state index contributed by atoms with van der Waals surface area (Å²) in [5.41, 5.74) is 4.26. The van der Waals surface area contributed by atoms with Crippen molar-refractivity contribution >= 4 is 11.3 Å². The Labute approximate surface area is 107 Å². The minimum atomic E-state index is -0.224. The molecule has 0 fully saturated rings. The minimum Gasteiger partial charge on any atom is -0.381 e. The second-order valence-electron chi connectivity index (χ2n) is 4.33. The predicted molar refractivity (Wildman–Crippen MR) is 75.1 cm³/mol. The third-order valence-corrected chi connectivity index (χ3v) is 2.81. The van der Waals surface area contributed by atoms with Crippen LogP contribution in [0.2, 0.25) is 0 Å². The molecule has 2 aromatic carbocycles. The second-order valence-corrected chi connectivity index (χ2v) is 4.33. The van der Waals surface area contributed by atoms with Gasteiger partial charge in [0.1, 0.15) is 5.82 Å². The van der Waals surface area contributed by atoms with Gasteiger partial charge in [-0.05, 0) is 42.3 Å². The quantitative estimate of drug-likeness (QED) is 0.843. The topological polar surface area (TPSA) is 12.0 Å². The van der Waals surface area contributed by atoms with Gasteiger partial charge in [0.2, 0.25) is 0 Å². The number of hydrogen-bond donors (Lipinski definition) is 1. The van der Waals surface area contributed by atoms with Gasteiger partial charge in [-0.25, -0.2) is 4.39 Å². The molecular formula is C16H16FN. The van der Waals surface area contributed by atoms with Crippen molar-refractivity contribution in [1.29, 1.82) is 0 Å². The zero-order valence-electron chi connectivity index (χ0n) is 10.4. The van der Waals surface area contributed by atoms with Gasteiger partial charge in [0.05, 0.1) is 0 Å². The Kier molecular flexibility index (Phi) is 3.78. The number of nitrogens with one attached hydrogen (secondary N) is 1. The van der Waals surface area contributed by atoms with Crippen molar-refractivity contribution in [2.75, 3.05) is 11.9 Å². The van der Waals surface area contributed by atoms with E-state index in [-0.39, 0.29) is 5.82 Å². The van der Waals surface area contributed by atoms with Crippen molar-refractivity contribution in [1.82, 2.24) is 0 Å². The summed E-state index contributed by atoms with van der Waals surface area (Å²) < 4.78 is 12.7. The summed E-state index contributed by atoms with van der Waals surface area (Å²) >= 11 is 0. The molecule has 1 N–H and O–H groups in total. The van der Waals surface area contributed by atoms with E-state index in [1.807, 2.05) is 0 Å². The fourth-order valence-electron chi connectivity index (χ4n) is 1.67. The molecule has 0 aliphatic rings. The van der Waals surface area contributed by atoms with Crippen molar-refractivity contribution in [3.63, 3.8) is 0 Å². The third kappa shape index (κ3) is 3.20. The molecule has 0 radical (unpaired) electrons. The maximum Gasteiger partial charge on any atom is 0.123 e. The van der Waals surface area contributed by atoms with E-state index < -0.39 is 0 Å². The summed E-state index contributed by atoms with van der Waals surface area (Å²) in [4.78, 5) is 0. The fourth-order valence-corrected chi connectivity index (χ4v) is 1.67. The van der Waals surface area contributed by atoms with Gasteiger partial charge in [0, 0.05) is 12.2 Å². The van der Waals surface area contributed by atoms with E-state index >= 15 is 0 Å². The Morgan fingerprint density at radius 1 is 1.06 bits per heavy atom. The van der Waals surface area contributed by atoms with Gasteiger partial charge < -0.3 is 5.32 Å². The number of halogens is 1. The van der Waals surface area contributed by atoms with Crippen LogP contribution in [0, 0.1) is 12.7 Å². The molecule has 2 rings (SSSR count). The van der Waals surface area contributed by atoms with Gasteiger partial charge in [0.25, 0.3) is 0 Å². The Bertz CT molecular complexity index is 526. The molecule has 0 amide bonds. The Hall–Kier alpha value is -2.09. The van der Waals surface area contributed by atoms with Crippen molar-refractivity contribution in [3.8, 4) is 0 Å². The highest BCUT2D eigenvalue weighted by atomic mass is 19.1. The smallest absolute Gasteiger partial charge is 0.123 e. The molecule has 0 saturated carbocycles. The zero-order valence-corrected chi connectivity index (χ0v) is 10.4. The highest BCUT2D eigenvalue weighted by molar-refractivity contribution is 5.67. The highest BCUT2D eigenvalue weighted by Gasteiger charge is 1.99. The van der Waals surface area contributed by atoms with Crippen LogP contribution in [0.3, 0.4) is 0 Å². The van der Waals surface area contributed by atoms with Gasteiger partial charge in [0.15, 0.2) is 0 Å².